The first kappa shape index (κ1) is 22.6. The molecule has 0 saturated carbocycles. The summed E-state index contributed by atoms with van der Waals surface area (Å²) in [5.74, 6) is -0.758. The van der Waals surface area contributed by atoms with Crippen molar-refractivity contribution in [2.45, 2.75) is 25.7 Å². The Balaban J connectivity index is 0.00000338. The van der Waals surface area contributed by atoms with Crippen molar-refractivity contribution in [3.05, 3.63) is 35.4 Å². The van der Waals surface area contributed by atoms with Crippen molar-refractivity contribution in [1.82, 2.24) is 10.2 Å². The minimum absolute atomic E-state index is 0. The SMILES string of the molecule is CN=C(NCC(C)c1ccc(F)cc1F)N1CCC(C(=O)OC)CC1.I. The standard InChI is InChI=1S/C18H25F2N3O2.HI/c1-12(15-5-4-14(19)10-16(15)20)11-22-18(21-2)23-8-6-13(7-9-23)17(24)25-3;/h4-5,10,12-13H,6-9,11H2,1-3H3,(H,21,22);1H. The summed E-state index contributed by atoms with van der Waals surface area (Å²) >= 11 is 0. The third-order valence-corrected chi connectivity index (χ3v) is 4.60. The maximum atomic E-state index is 13.9. The molecule has 1 atom stereocenters. The van der Waals surface area contributed by atoms with Crippen LogP contribution in [0.4, 0.5) is 8.78 Å². The molecule has 8 heteroatoms. The molecule has 0 radical (unpaired) electrons. The van der Waals surface area contributed by atoms with Gasteiger partial charge in [-0.2, -0.15) is 0 Å². The number of hydrogen-bond donors (Lipinski definition) is 1. The van der Waals surface area contributed by atoms with E-state index in [2.05, 4.69) is 15.2 Å². The fraction of sp³-hybridized carbons (Fsp3) is 0.556. The summed E-state index contributed by atoms with van der Waals surface area (Å²) < 4.78 is 31.7. The van der Waals surface area contributed by atoms with Crippen LogP contribution in [-0.4, -0.2) is 50.6 Å². The highest BCUT2D eigenvalue weighted by atomic mass is 127. The van der Waals surface area contributed by atoms with E-state index in [1.165, 1.54) is 19.2 Å². The topological polar surface area (TPSA) is 53.9 Å². The van der Waals surface area contributed by atoms with Crippen molar-refractivity contribution < 1.29 is 18.3 Å². The maximum Gasteiger partial charge on any atom is 0.308 e. The molecule has 5 nitrogen and oxygen atoms in total. The summed E-state index contributed by atoms with van der Waals surface area (Å²) in [4.78, 5) is 17.9. The number of hydrogen-bond acceptors (Lipinski definition) is 3. The van der Waals surface area contributed by atoms with Crippen LogP contribution in [0.1, 0.15) is 31.2 Å². The Morgan fingerprint density at radius 1 is 1.38 bits per heavy atom. The lowest BCUT2D eigenvalue weighted by molar-refractivity contribution is -0.146. The van der Waals surface area contributed by atoms with Crippen molar-refractivity contribution in [3.63, 3.8) is 0 Å². The van der Waals surface area contributed by atoms with Crippen molar-refractivity contribution in [3.8, 4) is 0 Å². The third kappa shape index (κ3) is 5.78. The summed E-state index contributed by atoms with van der Waals surface area (Å²) in [6.07, 6.45) is 1.44. The number of piperidine rings is 1. The second kappa shape index (κ2) is 10.6. The van der Waals surface area contributed by atoms with Gasteiger partial charge in [0.05, 0.1) is 13.0 Å². The number of nitrogens with one attached hydrogen (secondary N) is 1. The lowest BCUT2D eigenvalue weighted by atomic mass is 9.97. The number of rotatable bonds is 4. The van der Waals surface area contributed by atoms with Gasteiger partial charge in [0, 0.05) is 38.7 Å². The van der Waals surface area contributed by atoms with Crippen molar-refractivity contribution in [2.75, 3.05) is 33.8 Å². The average molecular weight is 481 g/mol. The molecular formula is C18H26F2IN3O2. The molecule has 0 bridgehead atoms. The number of halogens is 3. The summed E-state index contributed by atoms with van der Waals surface area (Å²) in [6.45, 7) is 3.77. The Morgan fingerprint density at radius 3 is 2.58 bits per heavy atom. The molecular weight excluding hydrogens is 455 g/mol. The summed E-state index contributed by atoms with van der Waals surface area (Å²) in [6, 6.07) is 3.64. The maximum absolute atomic E-state index is 13.9. The van der Waals surface area contributed by atoms with E-state index in [9.17, 15) is 13.6 Å². The van der Waals surface area contributed by atoms with E-state index in [0.717, 1.165) is 24.9 Å². The number of carbonyl (C=O) groups is 1. The highest BCUT2D eigenvalue weighted by molar-refractivity contribution is 14.0. The fourth-order valence-electron chi connectivity index (χ4n) is 3.08. The largest absolute Gasteiger partial charge is 0.469 e. The number of nitrogens with zero attached hydrogens (tertiary/aromatic N) is 2. The second-order valence-electron chi connectivity index (χ2n) is 6.28. The van der Waals surface area contributed by atoms with E-state index in [4.69, 9.17) is 4.74 Å². The molecule has 26 heavy (non-hydrogen) atoms. The highest BCUT2D eigenvalue weighted by Gasteiger charge is 2.27. The van der Waals surface area contributed by atoms with Gasteiger partial charge < -0.3 is 15.0 Å². The van der Waals surface area contributed by atoms with E-state index in [1.54, 1.807) is 7.05 Å². The number of ether oxygens (including phenoxy) is 1. The summed E-state index contributed by atoms with van der Waals surface area (Å²) in [7, 11) is 3.10. The monoisotopic (exact) mass is 481 g/mol. The Kier molecular flexibility index (Phi) is 9.24. The van der Waals surface area contributed by atoms with Crippen LogP contribution in [0.2, 0.25) is 0 Å². The fourth-order valence-corrected chi connectivity index (χ4v) is 3.08. The van der Waals surface area contributed by atoms with Crippen molar-refractivity contribution in [1.29, 1.82) is 0 Å². The third-order valence-electron chi connectivity index (χ3n) is 4.60. The van der Waals surface area contributed by atoms with Crippen LogP contribution >= 0.6 is 24.0 Å². The van der Waals surface area contributed by atoms with Crippen LogP contribution in [0.25, 0.3) is 0 Å². The Hall–Kier alpha value is -1.45. The predicted octanol–water partition coefficient (Wildman–Crippen LogP) is 3.15. The molecule has 1 heterocycles. The number of esters is 1. The van der Waals surface area contributed by atoms with Gasteiger partial charge in [-0.1, -0.05) is 13.0 Å². The van der Waals surface area contributed by atoms with Gasteiger partial charge in [-0.3, -0.25) is 9.79 Å². The van der Waals surface area contributed by atoms with Crippen LogP contribution in [0, 0.1) is 17.6 Å². The van der Waals surface area contributed by atoms with Gasteiger partial charge in [-0.15, -0.1) is 24.0 Å². The van der Waals surface area contributed by atoms with Crippen LogP contribution < -0.4 is 5.32 Å². The molecule has 146 valence electrons. The smallest absolute Gasteiger partial charge is 0.308 e. The van der Waals surface area contributed by atoms with Gasteiger partial charge in [0.15, 0.2) is 5.96 Å². The van der Waals surface area contributed by atoms with E-state index in [0.29, 0.717) is 25.2 Å². The van der Waals surface area contributed by atoms with Gasteiger partial charge in [0.1, 0.15) is 11.6 Å². The van der Waals surface area contributed by atoms with Crippen molar-refractivity contribution >= 4 is 35.9 Å². The van der Waals surface area contributed by atoms with Crippen LogP contribution in [-0.2, 0) is 9.53 Å². The van der Waals surface area contributed by atoms with Gasteiger partial charge >= 0.3 is 5.97 Å². The summed E-state index contributed by atoms with van der Waals surface area (Å²) in [5.41, 5.74) is 0.466. The highest BCUT2D eigenvalue weighted by Crippen LogP contribution is 2.20. The number of carbonyl (C=O) groups excluding carboxylic acids is 1. The molecule has 1 aromatic carbocycles. The normalized spacial score (nSPS) is 16.7. The zero-order chi connectivity index (χ0) is 18.4. The van der Waals surface area contributed by atoms with E-state index in [-0.39, 0.29) is 41.8 Å². The Labute approximate surface area is 170 Å². The number of methoxy groups -OCH3 is 1. The number of benzene rings is 1. The minimum atomic E-state index is -0.578. The first-order valence-electron chi connectivity index (χ1n) is 8.44. The molecule has 1 N–H and O–H groups in total. The number of aliphatic imine (C=N–C) groups is 1. The quantitative estimate of drug-likeness (QED) is 0.311. The number of likely N-dealkylation sites (tertiary alicyclic amines) is 1. The molecule has 1 unspecified atom stereocenters. The molecule has 1 fully saturated rings. The summed E-state index contributed by atoms with van der Waals surface area (Å²) in [5, 5.41) is 3.24. The van der Waals surface area contributed by atoms with E-state index >= 15 is 0 Å². The van der Waals surface area contributed by atoms with E-state index < -0.39 is 11.6 Å². The number of guanidine groups is 1. The molecule has 0 amide bonds. The van der Waals surface area contributed by atoms with Gasteiger partial charge in [-0.25, -0.2) is 8.78 Å². The zero-order valence-corrected chi connectivity index (χ0v) is 17.6. The zero-order valence-electron chi connectivity index (χ0n) is 15.3. The lowest BCUT2D eigenvalue weighted by Crippen LogP contribution is -2.47. The molecule has 1 saturated heterocycles. The Morgan fingerprint density at radius 2 is 2.04 bits per heavy atom. The minimum Gasteiger partial charge on any atom is -0.469 e. The van der Waals surface area contributed by atoms with Crippen LogP contribution in [0.15, 0.2) is 23.2 Å². The molecule has 0 aromatic heterocycles. The second-order valence-corrected chi connectivity index (χ2v) is 6.28. The van der Waals surface area contributed by atoms with Gasteiger partial charge in [-0.05, 0) is 24.5 Å². The molecule has 1 aliphatic rings. The Bertz CT molecular complexity index is 635. The molecule has 0 aliphatic carbocycles. The van der Waals surface area contributed by atoms with Crippen LogP contribution in [0.3, 0.4) is 0 Å². The molecule has 1 aromatic rings. The van der Waals surface area contributed by atoms with Gasteiger partial charge in [0.25, 0.3) is 0 Å². The lowest BCUT2D eigenvalue weighted by Gasteiger charge is -2.33. The molecule has 1 aliphatic heterocycles. The first-order chi connectivity index (χ1) is 12.0. The van der Waals surface area contributed by atoms with E-state index in [1.807, 2.05) is 6.92 Å². The predicted molar refractivity (Wildman–Crippen MR) is 108 cm³/mol. The first-order valence-corrected chi connectivity index (χ1v) is 8.44. The van der Waals surface area contributed by atoms with Crippen molar-refractivity contribution in [2.24, 2.45) is 10.9 Å². The van der Waals surface area contributed by atoms with Crippen LogP contribution in [0.5, 0.6) is 0 Å². The average Bonchev–Trinajstić information content (AvgIpc) is 2.61. The molecule has 0 spiro atoms. The van der Waals surface area contributed by atoms with Gasteiger partial charge in [0.2, 0.25) is 0 Å². The molecule has 2 rings (SSSR count).